The Balaban J connectivity index is 2.39. The van der Waals surface area contributed by atoms with E-state index in [9.17, 15) is 8.42 Å². The Morgan fingerprint density at radius 3 is 2.78 bits per heavy atom. The second kappa shape index (κ2) is 4.85. The number of nitrogens with one attached hydrogen (secondary N) is 1. The van der Waals surface area contributed by atoms with Crippen LogP contribution in [0.4, 0.5) is 5.13 Å². The van der Waals surface area contributed by atoms with Crippen LogP contribution in [0.25, 0.3) is 0 Å². The third kappa shape index (κ3) is 2.56. The Morgan fingerprint density at radius 2 is 2.22 bits per heavy atom. The number of hydrogen-bond donors (Lipinski definition) is 1. The number of halogens is 1. The molecule has 2 rings (SSSR count). The van der Waals surface area contributed by atoms with Gasteiger partial charge in [0.1, 0.15) is 4.90 Å². The Hall–Kier alpha value is -1.76. The number of rotatable bonds is 3. The molecule has 0 spiro atoms. The zero-order valence-corrected chi connectivity index (χ0v) is 10.9. The van der Waals surface area contributed by atoms with Crippen LogP contribution in [0, 0.1) is 11.3 Å². The Bertz CT molecular complexity index is 708. The summed E-state index contributed by atoms with van der Waals surface area (Å²) in [5.41, 5.74) is 0.275. The van der Waals surface area contributed by atoms with Crippen molar-refractivity contribution in [1.29, 1.82) is 5.26 Å². The molecule has 1 aromatic heterocycles. The average Bonchev–Trinajstić information content (AvgIpc) is 2.80. The molecule has 92 valence electrons. The molecule has 1 aromatic carbocycles. The van der Waals surface area contributed by atoms with E-state index >= 15 is 0 Å². The fraction of sp³-hybridized carbons (Fsp3) is 0. The smallest absolute Gasteiger partial charge is 0.252 e. The number of anilines is 1. The molecule has 0 radical (unpaired) electrons. The molecular weight excluding hydrogens is 298 g/mol. The second-order valence-electron chi connectivity index (χ2n) is 3.03. The first kappa shape index (κ1) is 12.7. The van der Waals surface area contributed by atoms with Crippen molar-refractivity contribution in [2.75, 3.05) is 4.72 Å². The van der Waals surface area contributed by atoms with Crippen molar-refractivity contribution in [3.05, 3.63) is 28.8 Å². The van der Waals surface area contributed by atoms with E-state index in [1.54, 1.807) is 0 Å². The molecule has 0 unspecified atom stereocenters. The van der Waals surface area contributed by atoms with Gasteiger partial charge in [0, 0.05) is 11.5 Å². The number of benzene rings is 1. The lowest BCUT2D eigenvalue weighted by molar-refractivity contribution is 0.601. The van der Waals surface area contributed by atoms with E-state index in [0.29, 0.717) is 0 Å². The van der Waals surface area contributed by atoms with Gasteiger partial charge in [0.15, 0.2) is 0 Å². The van der Waals surface area contributed by atoms with Gasteiger partial charge in [-0.05, 0) is 23.4 Å². The molecule has 0 aliphatic heterocycles. The van der Waals surface area contributed by atoms with Crippen molar-refractivity contribution in [3.63, 3.8) is 0 Å². The minimum Gasteiger partial charge on any atom is -0.252 e. The molecule has 0 saturated heterocycles. The van der Waals surface area contributed by atoms with Gasteiger partial charge in [-0.2, -0.15) is 5.26 Å². The molecule has 7 nitrogen and oxygen atoms in total. The van der Waals surface area contributed by atoms with Crippen LogP contribution in [0.15, 0.2) is 23.1 Å². The van der Waals surface area contributed by atoms with Gasteiger partial charge >= 0.3 is 0 Å². The largest absolute Gasteiger partial charge is 0.265 e. The van der Waals surface area contributed by atoms with Crippen LogP contribution >= 0.6 is 23.1 Å². The first-order valence-corrected chi connectivity index (χ1v) is 7.04. The molecule has 0 bridgehead atoms. The van der Waals surface area contributed by atoms with Gasteiger partial charge < -0.3 is 0 Å². The molecule has 18 heavy (non-hydrogen) atoms. The fourth-order valence-electron chi connectivity index (χ4n) is 1.13. The monoisotopic (exact) mass is 301 g/mol. The van der Waals surface area contributed by atoms with E-state index in [2.05, 4.69) is 19.5 Å². The number of sulfonamides is 1. The lowest BCUT2D eigenvalue weighted by Crippen LogP contribution is -2.13. The molecular formula is C8H4ClN5O2S2. The standard InChI is InChI=1S/C8H4ClN5O2S2/c9-6-3-5(4-10)1-2-7(6)18(15,16)12-8-11-13-14-17-8/h1-3H,(H,11,12,14). The van der Waals surface area contributed by atoms with Gasteiger partial charge in [-0.3, -0.25) is 4.72 Å². The molecule has 0 amide bonds. The number of nitrogens with zero attached hydrogens (tertiary/aromatic N) is 4. The van der Waals surface area contributed by atoms with Gasteiger partial charge in [-0.15, -0.1) is 0 Å². The Kier molecular flexibility index (Phi) is 3.42. The van der Waals surface area contributed by atoms with Crippen molar-refractivity contribution in [2.24, 2.45) is 0 Å². The van der Waals surface area contributed by atoms with Crippen molar-refractivity contribution >= 4 is 38.3 Å². The van der Waals surface area contributed by atoms with Gasteiger partial charge in [0.25, 0.3) is 10.0 Å². The van der Waals surface area contributed by atoms with E-state index < -0.39 is 10.0 Å². The summed E-state index contributed by atoms with van der Waals surface area (Å²) in [5, 5.41) is 15.4. The van der Waals surface area contributed by atoms with Crippen LogP contribution in [-0.2, 0) is 10.0 Å². The molecule has 0 saturated carbocycles. The molecule has 1 N–H and O–H groups in total. The van der Waals surface area contributed by atoms with E-state index in [1.165, 1.54) is 18.2 Å². The van der Waals surface area contributed by atoms with Crippen LogP contribution in [0.3, 0.4) is 0 Å². The third-order valence-corrected chi connectivity index (χ3v) is 4.33. The Morgan fingerprint density at radius 1 is 1.44 bits per heavy atom. The highest BCUT2D eigenvalue weighted by Gasteiger charge is 2.19. The third-order valence-electron chi connectivity index (χ3n) is 1.87. The number of nitriles is 1. The molecule has 10 heteroatoms. The van der Waals surface area contributed by atoms with Gasteiger partial charge in [-0.25, -0.2) is 8.42 Å². The first-order chi connectivity index (χ1) is 8.53. The zero-order chi connectivity index (χ0) is 13.2. The Labute approximate surface area is 111 Å². The summed E-state index contributed by atoms with van der Waals surface area (Å²) in [6, 6.07) is 5.74. The van der Waals surface area contributed by atoms with Crippen molar-refractivity contribution in [1.82, 2.24) is 14.8 Å². The summed E-state index contributed by atoms with van der Waals surface area (Å²) in [5.74, 6) is 0. The van der Waals surface area contributed by atoms with Crippen LogP contribution in [-0.4, -0.2) is 23.2 Å². The molecule has 1 heterocycles. The predicted octanol–water partition coefficient (Wildman–Crippen LogP) is 1.26. The molecule has 0 fully saturated rings. The number of hydrogen-bond acceptors (Lipinski definition) is 7. The molecule has 0 aliphatic rings. The predicted molar refractivity (Wildman–Crippen MR) is 64.7 cm³/mol. The molecule has 0 atom stereocenters. The SMILES string of the molecule is N#Cc1ccc(S(=O)(=O)Nc2nnns2)c(Cl)c1. The highest BCUT2D eigenvalue weighted by Crippen LogP contribution is 2.24. The summed E-state index contributed by atoms with van der Waals surface area (Å²) in [7, 11) is -3.86. The summed E-state index contributed by atoms with van der Waals surface area (Å²) in [6.07, 6.45) is 0. The quantitative estimate of drug-likeness (QED) is 0.914. The van der Waals surface area contributed by atoms with E-state index in [-0.39, 0.29) is 20.6 Å². The van der Waals surface area contributed by atoms with E-state index in [1.807, 2.05) is 6.07 Å². The minimum absolute atomic E-state index is 0.0374. The van der Waals surface area contributed by atoms with Crippen LogP contribution in [0.2, 0.25) is 5.02 Å². The first-order valence-electron chi connectivity index (χ1n) is 4.40. The maximum Gasteiger partial charge on any atom is 0.265 e. The maximum atomic E-state index is 12.0. The minimum atomic E-state index is -3.86. The summed E-state index contributed by atoms with van der Waals surface area (Å²) >= 11 is 6.61. The summed E-state index contributed by atoms with van der Waals surface area (Å²) in [6.45, 7) is 0. The zero-order valence-electron chi connectivity index (χ0n) is 8.53. The van der Waals surface area contributed by atoms with Crippen LogP contribution in [0.1, 0.15) is 5.56 Å². The molecule has 0 aliphatic carbocycles. The number of aromatic nitrogens is 3. The van der Waals surface area contributed by atoms with E-state index in [0.717, 1.165) is 11.5 Å². The average molecular weight is 302 g/mol. The normalized spacial score (nSPS) is 10.9. The van der Waals surface area contributed by atoms with Crippen molar-refractivity contribution in [2.45, 2.75) is 4.90 Å². The van der Waals surface area contributed by atoms with Gasteiger partial charge in [0.05, 0.1) is 16.7 Å². The fourth-order valence-corrected chi connectivity index (χ4v) is 3.26. The van der Waals surface area contributed by atoms with E-state index in [4.69, 9.17) is 16.9 Å². The summed E-state index contributed by atoms with van der Waals surface area (Å²) in [4.78, 5) is -0.140. The van der Waals surface area contributed by atoms with Gasteiger partial charge in [0.2, 0.25) is 5.13 Å². The van der Waals surface area contributed by atoms with Crippen LogP contribution < -0.4 is 4.72 Å². The highest BCUT2D eigenvalue weighted by molar-refractivity contribution is 7.93. The summed E-state index contributed by atoms with van der Waals surface area (Å²) < 4.78 is 29.5. The van der Waals surface area contributed by atoms with Gasteiger partial charge in [-0.1, -0.05) is 21.2 Å². The molecule has 2 aromatic rings. The lowest BCUT2D eigenvalue weighted by Gasteiger charge is -2.06. The topological polar surface area (TPSA) is 109 Å². The highest BCUT2D eigenvalue weighted by atomic mass is 35.5. The van der Waals surface area contributed by atoms with Crippen molar-refractivity contribution < 1.29 is 8.42 Å². The second-order valence-corrected chi connectivity index (χ2v) is 5.82. The lowest BCUT2D eigenvalue weighted by atomic mass is 10.2. The van der Waals surface area contributed by atoms with Crippen molar-refractivity contribution in [3.8, 4) is 6.07 Å². The maximum absolute atomic E-state index is 12.0. The van der Waals surface area contributed by atoms with Crippen LogP contribution in [0.5, 0.6) is 0 Å².